The van der Waals surface area contributed by atoms with Gasteiger partial charge < -0.3 is 4.90 Å². The summed E-state index contributed by atoms with van der Waals surface area (Å²) in [6.07, 6.45) is 2.17. The monoisotopic (exact) mass is 460 g/mol. The maximum atomic E-state index is 13.0. The molecule has 25 heavy (non-hydrogen) atoms. The van der Waals surface area contributed by atoms with Crippen molar-refractivity contribution >= 4 is 54.5 Å². The van der Waals surface area contributed by atoms with Crippen LogP contribution >= 0.6 is 38.6 Å². The molecule has 2 aromatic rings. The summed E-state index contributed by atoms with van der Waals surface area (Å²) in [5.74, 6) is -0.0615. The van der Waals surface area contributed by atoms with Crippen molar-refractivity contribution in [1.82, 2.24) is 9.21 Å². The summed E-state index contributed by atoms with van der Waals surface area (Å²) in [5, 5.41) is 2.06. The fourth-order valence-electron chi connectivity index (χ4n) is 3.47. The molecule has 1 saturated heterocycles. The van der Waals surface area contributed by atoms with Crippen LogP contribution in [0.5, 0.6) is 0 Å². The van der Waals surface area contributed by atoms with Crippen molar-refractivity contribution in [2.24, 2.45) is 0 Å². The van der Waals surface area contributed by atoms with Gasteiger partial charge in [0.15, 0.2) is 0 Å². The molecule has 0 N–H and O–H groups in total. The summed E-state index contributed by atoms with van der Waals surface area (Å²) in [7, 11) is -3.62. The minimum absolute atomic E-state index is 0.0615. The number of rotatable bonds is 3. The Kier molecular flexibility index (Phi) is 4.78. The Hall–Kier alpha value is -0.740. The van der Waals surface area contributed by atoms with E-state index >= 15 is 0 Å². The maximum Gasteiger partial charge on any atom is 0.253 e. The van der Waals surface area contributed by atoms with Gasteiger partial charge in [0.25, 0.3) is 10.0 Å². The maximum absolute atomic E-state index is 13.0. The van der Waals surface area contributed by atoms with Crippen molar-refractivity contribution < 1.29 is 13.2 Å². The Morgan fingerprint density at radius 2 is 2.08 bits per heavy atom. The second kappa shape index (κ2) is 6.77. The number of thiophene rings is 2. The predicted molar refractivity (Wildman–Crippen MR) is 102 cm³/mol. The van der Waals surface area contributed by atoms with Crippen molar-refractivity contribution in [3.05, 3.63) is 37.8 Å². The van der Waals surface area contributed by atoms with Crippen LogP contribution in [0.2, 0.25) is 0 Å². The smallest absolute Gasteiger partial charge is 0.253 e. The summed E-state index contributed by atoms with van der Waals surface area (Å²) < 4.78 is 28.4. The Morgan fingerprint density at radius 1 is 1.24 bits per heavy atom. The first-order valence-electron chi connectivity index (χ1n) is 8.08. The van der Waals surface area contributed by atoms with Crippen molar-refractivity contribution in [2.45, 2.75) is 36.1 Å². The van der Waals surface area contributed by atoms with Crippen LogP contribution in [0, 0.1) is 0 Å². The zero-order chi connectivity index (χ0) is 17.6. The highest BCUT2D eigenvalue weighted by Crippen LogP contribution is 2.33. The van der Waals surface area contributed by atoms with Gasteiger partial charge in [-0.1, -0.05) is 0 Å². The Balaban J connectivity index is 1.56. The van der Waals surface area contributed by atoms with E-state index in [4.69, 9.17) is 0 Å². The Labute approximate surface area is 163 Å². The van der Waals surface area contributed by atoms with Gasteiger partial charge in [-0.05, 0) is 64.3 Å². The molecule has 1 unspecified atom stereocenters. The summed E-state index contributed by atoms with van der Waals surface area (Å²) in [5.41, 5.74) is 1.19. The number of carbonyl (C=O) groups is 1. The lowest BCUT2D eigenvalue weighted by Gasteiger charge is -2.32. The van der Waals surface area contributed by atoms with E-state index in [1.165, 1.54) is 26.1 Å². The molecule has 0 spiro atoms. The normalized spacial score (nSPS) is 21.5. The van der Waals surface area contributed by atoms with E-state index in [2.05, 4.69) is 27.4 Å². The summed E-state index contributed by atoms with van der Waals surface area (Å²) in [4.78, 5) is 16.2. The minimum atomic E-state index is -3.62. The topological polar surface area (TPSA) is 57.7 Å². The van der Waals surface area contributed by atoms with Gasteiger partial charge in [-0.15, -0.1) is 22.7 Å². The fourth-order valence-corrected chi connectivity index (χ4v) is 8.15. The number of fused-ring (bicyclic) bond motifs is 1. The van der Waals surface area contributed by atoms with Gasteiger partial charge in [-0.25, -0.2) is 8.42 Å². The number of carbonyl (C=O) groups excluding carboxylic acids is 1. The molecule has 1 fully saturated rings. The molecule has 2 aliphatic rings. The van der Waals surface area contributed by atoms with E-state index in [0.717, 1.165) is 16.6 Å². The molecule has 0 aromatic carbocycles. The number of sulfonamides is 1. The van der Waals surface area contributed by atoms with Crippen LogP contribution in [0.15, 0.2) is 31.6 Å². The standard InChI is InChI=1S/C16H17BrN2O3S3/c17-14-3-4-15(24-14)25(21,22)19-7-1-2-12(19)16(20)18-8-5-13-11(10-18)6-9-23-13/h3-4,6,9,12H,1-2,5,7-8,10H2. The highest BCUT2D eigenvalue weighted by molar-refractivity contribution is 9.11. The lowest BCUT2D eigenvalue weighted by atomic mass is 10.1. The van der Waals surface area contributed by atoms with Crippen molar-refractivity contribution in [1.29, 1.82) is 0 Å². The average Bonchev–Trinajstić information content (AvgIpc) is 3.33. The molecule has 1 atom stereocenters. The summed E-state index contributed by atoms with van der Waals surface area (Å²) in [6.45, 7) is 1.67. The van der Waals surface area contributed by atoms with Crippen molar-refractivity contribution in [2.75, 3.05) is 13.1 Å². The van der Waals surface area contributed by atoms with E-state index in [1.807, 2.05) is 4.90 Å². The van der Waals surface area contributed by atoms with Crippen LogP contribution in [0.1, 0.15) is 23.3 Å². The molecule has 9 heteroatoms. The molecule has 0 bridgehead atoms. The van der Waals surface area contributed by atoms with Gasteiger partial charge >= 0.3 is 0 Å². The summed E-state index contributed by atoms with van der Waals surface area (Å²) >= 11 is 6.23. The van der Waals surface area contributed by atoms with Gasteiger partial charge in [0.2, 0.25) is 5.91 Å². The van der Waals surface area contributed by atoms with Crippen LogP contribution in [-0.4, -0.2) is 42.7 Å². The van der Waals surface area contributed by atoms with Gasteiger partial charge in [-0.2, -0.15) is 4.31 Å². The van der Waals surface area contributed by atoms with E-state index < -0.39 is 16.1 Å². The second-order valence-electron chi connectivity index (χ2n) is 6.21. The largest absolute Gasteiger partial charge is 0.337 e. The second-order valence-corrected chi connectivity index (χ2v) is 11.8. The number of hydrogen-bond acceptors (Lipinski definition) is 5. The lowest BCUT2D eigenvalue weighted by molar-refractivity contribution is -0.135. The molecule has 1 amide bonds. The number of nitrogens with zero attached hydrogens (tertiary/aromatic N) is 2. The average molecular weight is 461 g/mol. The van der Waals surface area contributed by atoms with Gasteiger partial charge in [0, 0.05) is 24.5 Å². The van der Waals surface area contributed by atoms with Crippen LogP contribution in [0.25, 0.3) is 0 Å². The zero-order valence-corrected chi connectivity index (χ0v) is 17.4. The molecule has 2 aromatic heterocycles. The molecule has 2 aliphatic heterocycles. The van der Waals surface area contributed by atoms with Gasteiger partial charge in [0.05, 0.1) is 3.79 Å². The van der Waals surface area contributed by atoms with Crippen molar-refractivity contribution in [3.63, 3.8) is 0 Å². The number of halogens is 1. The van der Waals surface area contributed by atoms with Crippen LogP contribution in [0.4, 0.5) is 0 Å². The minimum Gasteiger partial charge on any atom is -0.337 e. The first-order chi connectivity index (χ1) is 12.0. The van der Waals surface area contributed by atoms with Crippen LogP contribution in [0.3, 0.4) is 0 Å². The highest BCUT2D eigenvalue weighted by atomic mass is 79.9. The molecular formula is C16H17BrN2O3S3. The third-order valence-corrected chi connectivity index (χ3v) is 9.74. The molecule has 4 heterocycles. The zero-order valence-electron chi connectivity index (χ0n) is 13.4. The third-order valence-electron chi connectivity index (χ3n) is 4.72. The molecular weight excluding hydrogens is 444 g/mol. The molecule has 4 rings (SSSR count). The Morgan fingerprint density at radius 3 is 2.84 bits per heavy atom. The predicted octanol–water partition coefficient (Wildman–Crippen LogP) is 3.31. The van der Waals surface area contributed by atoms with E-state index in [1.54, 1.807) is 23.5 Å². The van der Waals surface area contributed by atoms with Gasteiger partial charge in [0.1, 0.15) is 10.3 Å². The van der Waals surface area contributed by atoms with E-state index in [-0.39, 0.29) is 10.1 Å². The van der Waals surface area contributed by atoms with Crippen LogP contribution in [-0.2, 0) is 27.8 Å². The SMILES string of the molecule is O=C(C1CCCN1S(=O)(=O)c1ccc(Br)s1)N1CCc2sccc2C1. The number of amides is 1. The quantitative estimate of drug-likeness (QED) is 0.705. The van der Waals surface area contributed by atoms with Crippen molar-refractivity contribution in [3.8, 4) is 0 Å². The first-order valence-corrected chi connectivity index (χ1v) is 12.0. The van der Waals surface area contributed by atoms with Gasteiger partial charge in [-0.3, -0.25) is 4.79 Å². The highest BCUT2D eigenvalue weighted by Gasteiger charge is 2.42. The molecule has 0 saturated carbocycles. The molecule has 0 aliphatic carbocycles. The van der Waals surface area contributed by atoms with E-state index in [0.29, 0.717) is 26.1 Å². The molecule has 5 nitrogen and oxygen atoms in total. The molecule has 0 radical (unpaired) electrons. The molecule has 134 valence electrons. The van der Waals surface area contributed by atoms with Crippen LogP contribution < -0.4 is 0 Å². The lowest BCUT2D eigenvalue weighted by Crippen LogP contribution is -2.48. The first kappa shape index (κ1) is 17.7. The summed E-state index contributed by atoms with van der Waals surface area (Å²) in [6, 6.07) is 4.81. The number of hydrogen-bond donors (Lipinski definition) is 0. The van der Waals surface area contributed by atoms with E-state index in [9.17, 15) is 13.2 Å². The Bertz CT molecular complexity index is 905. The third kappa shape index (κ3) is 3.21. The fraction of sp³-hybridized carbons (Fsp3) is 0.438.